The van der Waals surface area contributed by atoms with Crippen molar-refractivity contribution < 1.29 is 19.1 Å². The highest BCUT2D eigenvalue weighted by Gasteiger charge is 2.30. The van der Waals surface area contributed by atoms with E-state index >= 15 is 0 Å². The highest BCUT2D eigenvalue weighted by Crippen LogP contribution is 2.18. The average Bonchev–Trinajstić information content (AvgIpc) is 3.52. The molecule has 1 aromatic heterocycles. The standard InChI is InChI=1S/C35H42N4O4S/c1-35(2,3)38-33(40)31(19-25-11-17-30(18-12-25)43-22-27-9-7-6-8-10-27)37-34(41)32(20-28-23-44-24-36-28)39(4)21-26-13-15-29(42-5)16-14-26/h6-18,23-24,31-32H,19-22H2,1-5H3,(H,37,41)(H,38,40). The number of nitrogens with one attached hydrogen (secondary N) is 2. The molecule has 0 bridgehead atoms. The van der Waals surface area contributed by atoms with E-state index in [-0.39, 0.29) is 11.8 Å². The van der Waals surface area contributed by atoms with Crippen LogP contribution in [0.2, 0.25) is 0 Å². The van der Waals surface area contributed by atoms with E-state index < -0.39 is 17.6 Å². The van der Waals surface area contributed by atoms with Gasteiger partial charge in [-0.1, -0.05) is 54.6 Å². The Balaban J connectivity index is 1.49. The first-order chi connectivity index (χ1) is 21.1. The van der Waals surface area contributed by atoms with Gasteiger partial charge in [-0.05, 0) is 68.8 Å². The van der Waals surface area contributed by atoms with E-state index in [1.807, 2.05) is 117 Å². The number of likely N-dealkylation sites (N-methyl/N-ethyl adjacent to an activating group) is 1. The minimum atomic E-state index is -0.773. The van der Waals surface area contributed by atoms with Crippen molar-refractivity contribution in [3.8, 4) is 11.5 Å². The first-order valence-electron chi connectivity index (χ1n) is 14.7. The van der Waals surface area contributed by atoms with E-state index in [0.717, 1.165) is 33.9 Å². The Bertz CT molecular complexity index is 1450. The molecule has 0 aliphatic heterocycles. The number of aromatic nitrogens is 1. The van der Waals surface area contributed by atoms with Gasteiger partial charge in [0.1, 0.15) is 24.1 Å². The highest BCUT2D eigenvalue weighted by atomic mass is 32.1. The molecule has 9 heteroatoms. The van der Waals surface area contributed by atoms with Gasteiger partial charge >= 0.3 is 0 Å². The second-order valence-corrected chi connectivity index (χ2v) is 12.6. The van der Waals surface area contributed by atoms with Crippen molar-refractivity contribution >= 4 is 23.2 Å². The lowest BCUT2D eigenvalue weighted by Crippen LogP contribution is -2.56. The summed E-state index contributed by atoms with van der Waals surface area (Å²) in [7, 11) is 3.55. The van der Waals surface area contributed by atoms with Crippen LogP contribution in [-0.2, 0) is 35.6 Å². The summed E-state index contributed by atoms with van der Waals surface area (Å²) < 4.78 is 11.2. The number of amides is 2. The van der Waals surface area contributed by atoms with Gasteiger partial charge in [0.15, 0.2) is 0 Å². The monoisotopic (exact) mass is 614 g/mol. The fourth-order valence-corrected chi connectivity index (χ4v) is 5.32. The molecule has 2 atom stereocenters. The molecule has 1 heterocycles. The number of thiazole rings is 1. The van der Waals surface area contributed by atoms with Crippen molar-refractivity contribution in [3.05, 3.63) is 112 Å². The molecule has 232 valence electrons. The molecule has 0 saturated carbocycles. The molecule has 0 fully saturated rings. The summed E-state index contributed by atoms with van der Waals surface area (Å²) >= 11 is 1.49. The van der Waals surface area contributed by atoms with Crippen LogP contribution in [0.1, 0.15) is 43.2 Å². The van der Waals surface area contributed by atoms with Gasteiger partial charge in [0.2, 0.25) is 11.8 Å². The van der Waals surface area contributed by atoms with Gasteiger partial charge in [-0.15, -0.1) is 11.3 Å². The van der Waals surface area contributed by atoms with Crippen molar-refractivity contribution in [3.63, 3.8) is 0 Å². The van der Waals surface area contributed by atoms with E-state index in [1.165, 1.54) is 11.3 Å². The predicted molar refractivity (Wildman–Crippen MR) is 175 cm³/mol. The van der Waals surface area contributed by atoms with Gasteiger partial charge < -0.3 is 20.1 Å². The number of methoxy groups -OCH3 is 1. The number of carbonyl (C=O) groups excluding carboxylic acids is 2. The second-order valence-electron chi connectivity index (χ2n) is 11.9. The maximum Gasteiger partial charge on any atom is 0.243 e. The summed E-state index contributed by atoms with van der Waals surface area (Å²) in [5.41, 5.74) is 5.18. The first kappa shape index (κ1) is 32.7. The predicted octanol–water partition coefficient (Wildman–Crippen LogP) is 5.42. The van der Waals surface area contributed by atoms with Crippen LogP contribution >= 0.6 is 11.3 Å². The molecule has 44 heavy (non-hydrogen) atoms. The molecule has 4 rings (SSSR count). The largest absolute Gasteiger partial charge is 0.497 e. The Morgan fingerprint density at radius 2 is 1.52 bits per heavy atom. The van der Waals surface area contributed by atoms with Crippen molar-refractivity contribution in [2.75, 3.05) is 14.2 Å². The molecule has 2 N–H and O–H groups in total. The lowest BCUT2D eigenvalue weighted by atomic mass is 10.0. The van der Waals surface area contributed by atoms with Crippen LogP contribution in [0.3, 0.4) is 0 Å². The van der Waals surface area contributed by atoms with Crippen LogP contribution in [0.25, 0.3) is 0 Å². The molecular formula is C35H42N4O4S. The molecule has 0 aliphatic rings. The molecule has 2 amide bonds. The van der Waals surface area contributed by atoms with Gasteiger partial charge in [-0.2, -0.15) is 0 Å². The SMILES string of the molecule is COc1ccc(CN(C)C(Cc2cscn2)C(=O)NC(Cc2ccc(OCc3ccccc3)cc2)C(=O)NC(C)(C)C)cc1. The van der Waals surface area contributed by atoms with E-state index in [2.05, 4.69) is 15.6 Å². The van der Waals surface area contributed by atoms with Crippen LogP contribution in [0.4, 0.5) is 0 Å². The number of benzene rings is 3. The van der Waals surface area contributed by atoms with Crippen molar-refractivity contribution in [2.45, 2.75) is 64.4 Å². The van der Waals surface area contributed by atoms with Crippen LogP contribution in [0, 0.1) is 0 Å². The minimum Gasteiger partial charge on any atom is -0.497 e. The highest BCUT2D eigenvalue weighted by molar-refractivity contribution is 7.07. The third-order valence-corrected chi connectivity index (χ3v) is 7.69. The Labute approximate surface area is 264 Å². The molecule has 0 spiro atoms. The van der Waals surface area contributed by atoms with Crippen LogP contribution in [-0.4, -0.2) is 53.5 Å². The van der Waals surface area contributed by atoms with E-state index in [0.29, 0.717) is 26.0 Å². The topological polar surface area (TPSA) is 92.8 Å². The molecule has 0 radical (unpaired) electrons. The zero-order valence-electron chi connectivity index (χ0n) is 26.1. The maximum absolute atomic E-state index is 13.9. The molecule has 2 unspecified atom stereocenters. The van der Waals surface area contributed by atoms with Gasteiger partial charge in [0.25, 0.3) is 0 Å². The number of carbonyl (C=O) groups is 2. The van der Waals surface area contributed by atoms with Crippen molar-refractivity contribution in [1.82, 2.24) is 20.5 Å². The van der Waals surface area contributed by atoms with Crippen LogP contribution in [0.5, 0.6) is 11.5 Å². The van der Waals surface area contributed by atoms with Gasteiger partial charge in [0.05, 0.1) is 24.4 Å². The number of hydrogen-bond acceptors (Lipinski definition) is 7. The van der Waals surface area contributed by atoms with E-state index in [1.54, 1.807) is 12.6 Å². The smallest absolute Gasteiger partial charge is 0.243 e. The molecule has 3 aromatic carbocycles. The summed E-state index contributed by atoms with van der Waals surface area (Å²) in [6, 6.07) is 24.1. The molecule has 0 saturated heterocycles. The third kappa shape index (κ3) is 10.2. The zero-order chi connectivity index (χ0) is 31.5. The fourth-order valence-electron chi connectivity index (χ4n) is 4.75. The summed E-state index contributed by atoms with van der Waals surface area (Å²) in [5, 5.41) is 8.07. The Hall–Kier alpha value is -4.21. The van der Waals surface area contributed by atoms with Crippen molar-refractivity contribution in [1.29, 1.82) is 0 Å². The van der Waals surface area contributed by atoms with Gasteiger partial charge in [-0.3, -0.25) is 14.5 Å². The number of hydrogen-bond donors (Lipinski definition) is 2. The van der Waals surface area contributed by atoms with Crippen LogP contribution < -0.4 is 20.1 Å². The summed E-state index contributed by atoms with van der Waals surface area (Å²) in [4.78, 5) is 33.9. The number of rotatable bonds is 14. The molecule has 0 aliphatic carbocycles. The Morgan fingerprint density at radius 3 is 2.14 bits per heavy atom. The maximum atomic E-state index is 13.9. The average molecular weight is 615 g/mol. The van der Waals surface area contributed by atoms with Gasteiger partial charge in [0, 0.05) is 30.3 Å². The minimum absolute atomic E-state index is 0.231. The Kier molecular flexibility index (Phi) is 11.5. The molecular weight excluding hydrogens is 572 g/mol. The lowest BCUT2D eigenvalue weighted by molar-refractivity contribution is -0.132. The molecule has 4 aromatic rings. The number of ether oxygens (including phenoxy) is 2. The summed E-state index contributed by atoms with van der Waals surface area (Å²) in [6.07, 6.45) is 0.751. The normalized spacial score (nSPS) is 12.8. The van der Waals surface area contributed by atoms with Gasteiger partial charge in [-0.25, -0.2) is 4.98 Å². The third-order valence-electron chi connectivity index (χ3n) is 7.05. The summed E-state index contributed by atoms with van der Waals surface area (Å²) in [6.45, 7) is 6.79. The van der Waals surface area contributed by atoms with E-state index in [4.69, 9.17) is 9.47 Å². The lowest BCUT2D eigenvalue weighted by Gasteiger charge is -2.30. The van der Waals surface area contributed by atoms with E-state index in [9.17, 15) is 9.59 Å². The second kappa shape index (κ2) is 15.5. The summed E-state index contributed by atoms with van der Waals surface area (Å²) in [5.74, 6) is 1.05. The molecule has 8 nitrogen and oxygen atoms in total. The van der Waals surface area contributed by atoms with Crippen molar-refractivity contribution in [2.24, 2.45) is 0 Å². The zero-order valence-corrected chi connectivity index (χ0v) is 26.9. The number of nitrogens with zero attached hydrogens (tertiary/aromatic N) is 2. The first-order valence-corrected chi connectivity index (χ1v) is 15.6. The van der Waals surface area contributed by atoms with Crippen LogP contribution in [0.15, 0.2) is 89.8 Å². The quantitative estimate of drug-likeness (QED) is 0.197. The Morgan fingerprint density at radius 1 is 0.864 bits per heavy atom. The fraction of sp³-hybridized carbons (Fsp3) is 0.343.